The highest BCUT2D eigenvalue weighted by molar-refractivity contribution is 6.42. The van der Waals surface area contributed by atoms with Crippen molar-refractivity contribution >= 4 is 45.9 Å². The molecule has 1 N–H and O–H groups in total. The van der Waals surface area contributed by atoms with Crippen LogP contribution in [0.4, 0.5) is 13.2 Å². The van der Waals surface area contributed by atoms with Gasteiger partial charge < -0.3 is 10.2 Å². The second kappa shape index (κ2) is 11.9. The summed E-state index contributed by atoms with van der Waals surface area (Å²) in [5.41, 5.74) is 2.29. The summed E-state index contributed by atoms with van der Waals surface area (Å²) in [5.74, 6) is -2.16. The zero-order valence-electron chi connectivity index (χ0n) is 21.6. The minimum atomic E-state index is -4.96. The van der Waals surface area contributed by atoms with E-state index in [1.165, 1.54) is 0 Å². The summed E-state index contributed by atoms with van der Waals surface area (Å²) in [5, 5.41) is 3.95. The van der Waals surface area contributed by atoms with Crippen molar-refractivity contribution in [2.24, 2.45) is 5.92 Å². The van der Waals surface area contributed by atoms with Crippen LogP contribution in [0.25, 0.3) is 10.9 Å². The van der Waals surface area contributed by atoms with Crippen molar-refractivity contribution in [3.63, 3.8) is 0 Å². The van der Waals surface area contributed by atoms with Crippen LogP contribution in [0, 0.1) is 5.92 Å². The summed E-state index contributed by atoms with van der Waals surface area (Å²) < 4.78 is 39.5. The summed E-state index contributed by atoms with van der Waals surface area (Å²) in [4.78, 5) is 33.4. The molecular formula is C29H29Cl2F3N4O2. The van der Waals surface area contributed by atoms with E-state index >= 15 is 0 Å². The van der Waals surface area contributed by atoms with E-state index in [4.69, 9.17) is 23.2 Å². The minimum Gasteiger partial charge on any atom is -0.344 e. The molecule has 0 saturated carbocycles. The number of amides is 2. The molecule has 0 radical (unpaired) electrons. The molecule has 2 atom stereocenters. The van der Waals surface area contributed by atoms with Crippen LogP contribution in [-0.4, -0.2) is 71.0 Å². The van der Waals surface area contributed by atoms with Crippen LogP contribution in [0.2, 0.25) is 10.0 Å². The molecule has 3 heterocycles. The number of hydrogen-bond acceptors (Lipinski definition) is 4. The van der Waals surface area contributed by atoms with Crippen LogP contribution in [0.5, 0.6) is 0 Å². The third kappa shape index (κ3) is 6.53. The second-order valence-corrected chi connectivity index (χ2v) is 11.3. The Balaban J connectivity index is 1.23. The Kier molecular flexibility index (Phi) is 8.54. The number of hydrogen-bond donors (Lipinski definition) is 1. The summed E-state index contributed by atoms with van der Waals surface area (Å²) in [7, 11) is 0. The lowest BCUT2D eigenvalue weighted by molar-refractivity contribution is -0.175. The number of alkyl halides is 3. The Bertz CT molecular complexity index is 1400. The fraction of sp³-hybridized carbons (Fsp3) is 0.414. The smallest absolute Gasteiger partial charge is 0.344 e. The van der Waals surface area contributed by atoms with Crippen LogP contribution in [0.1, 0.15) is 35.2 Å². The van der Waals surface area contributed by atoms with Crippen molar-refractivity contribution < 1.29 is 22.8 Å². The fourth-order valence-electron chi connectivity index (χ4n) is 5.81. The molecule has 212 valence electrons. The third-order valence-corrected chi connectivity index (χ3v) is 8.70. The number of carbonyl (C=O) groups excluding carboxylic acids is 2. The van der Waals surface area contributed by atoms with Crippen LogP contribution >= 0.6 is 23.2 Å². The first kappa shape index (κ1) is 28.6. The molecule has 0 spiro atoms. The van der Waals surface area contributed by atoms with Gasteiger partial charge in [-0.2, -0.15) is 13.2 Å². The van der Waals surface area contributed by atoms with Crippen molar-refractivity contribution in [1.82, 2.24) is 20.1 Å². The Morgan fingerprint density at radius 2 is 1.75 bits per heavy atom. The van der Waals surface area contributed by atoms with E-state index in [1.54, 1.807) is 24.4 Å². The van der Waals surface area contributed by atoms with Crippen LogP contribution in [-0.2, 0) is 11.2 Å². The maximum atomic E-state index is 13.2. The highest BCUT2D eigenvalue weighted by Crippen LogP contribution is 2.30. The van der Waals surface area contributed by atoms with Gasteiger partial charge >= 0.3 is 12.1 Å². The molecule has 1 aromatic heterocycles. The lowest BCUT2D eigenvalue weighted by Crippen LogP contribution is -2.58. The van der Waals surface area contributed by atoms with E-state index in [0.29, 0.717) is 67.5 Å². The van der Waals surface area contributed by atoms with Crippen molar-refractivity contribution in [2.75, 3.05) is 26.2 Å². The summed E-state index contributed by atoms with van der Waals surface area (Å²) in [6.07, 6.45) is -0.740. The molecule has 1 unspecified atom stereocenters. The van der Waals surface area contributed by atoms with Gasteiger partial charge in [0.2, 0.25) is 0 Å². The highest BCUT2D eigenvalue weighted by Gasteiger charge is 2.43. The Labute approximate surface area is 240 Å². The Morgan fingerprint density at radius 3 is 2.48 bits per heavy atom. The fourth-order valence-corrected chi connectivity index (χ4v) is 6.13. The van der Waals surface area contributed by atoms with E-state index in [2.05, 4.69) is 15.2 Å². The molecule has 0 aliphatic carbocycles. The van der Waals surface area contributed by atoms with Gasteiger partial charge in [-0.05, 0) is 80.1 Å². The molecule has 2 aliphatic rings. The number of nitrogens with zero attached hydrogens (tertiary/aromatic N) is 3. The number of rotatable bonds is 5. The van der Waals surface area contributed by atoms with Gasteiger partial charge in [-0.3, -0.25) is 19.5 Å². The maximum absolute atomic E-state index is 13.2. The number of halogens is 5. The number of pyridine rings is 1. The number of nitrogens with one attached hydrogen (secondary N) is 1. The first-order valence-electron chi connectivity index (χ1n) is 13.3. The molecular weight excluding hydrogens is 564 g/mol. The van der Waals surface area contributed by atoms with Gasteiger partial charge in [0.05, 0.1) is 15.6 Å². The zero-order chi connectivity index (χ0) is 28.4. The number of benzene rings is 2. The predicted molar refractivity (Wildman–Crippen MR) is 149 cm³/mol. The van der Waals surface area contributed by atoms with Crippen molar-refractivity contribution in [2.45, 2.75) is 43.9 Å². The highest BCUT2D eigenvalue weighted by atomic mass is 35.5. The van der Waals surface area contributed by atoms with Crippen molar-refractivity contribution in [1.29, 1.82) is 0 Å². The molecule has 2 aliphatic heterocycles. The Morgan fingerprint density at radius 1 is 0.975 bits per heavy atom. The first-order valence-corrected chi connectivity index (χ1v) is 14.0. The standard InChI is InChI=1S/C29H29Cl2F3N4O2/c30-23-5-3-18(15-24(23)31)14-20-7-11-38(17-26(20)36-28(40)29(32,33)34)22-8-12-37(13-9-22)27(39)21-4-6-25-19(16-21)2-1-10-35-25/h1-6,10,15-16,20,22,26H,7-9,11-14,17H2,(H,36,40)/t20?,26-/m1/s1. The summed E-state index contributed by atoms with van der Waals surface area (Å²) in [6, 6.07) is 13.9. The maximum Gasteiger partial charge on any atom is 0.471 e. The monoisotopic (exact) mass is 592 g/mol. The number of likely N-dealkylation sites (tertiary alicyclic amines) is 2. The second-order valence-electron chi connectivity index (χ2n) is 10.5. The van der Waals surface area contributed by atoms with E-state index in [0.717, 1.165) is 16.5 Å². The lowest BCUT2D eigenvalue weighted by Gasteiger charge is -2.45. The quantitative estimate of drug-likeness (QED) is 0.409. The van der Waals surface area contributed by atoms with E-state index in [1.807, 2.05) is 35.2 Å². The van der Waals surface area contributed by atoms with Gasteiger partial charge in [0.1, 0.15) is 0 Å². The zero-order valence-corrected chi connectivity index (χ0v) is 23.1. The van der Waals surface area contributed by atoms with Crippen molar-refractivity contribution in [3.05, 3.63) is 75.9 Å². The SMILES string of the molecule is O=C(c1ccc2ncccc2c1)N1CCC(N2CCC(Cc3ccc(Cl)c(Cl)c3)[C@H](NC(=O)C(F)(F)F)C2)CC1. The predicted octanol–water partition coefficient (Wildman–Crippen LogP) is 5.76. The normalized spacial score (nSPS) is 21.0. The summed E-state index contributed by atoms with van der Waals surface area (Å²) >= 11 is 12.2. The first-order chi connectivity index (χ1) is 19.1. The largest absolute Gasteiger partial charge is 0.471 e. The molecule has 11 heteroatoms. The molecule has 2 saturated heterocycles. The van der Waals surface area contributed by atoms with E-state index < -0.39 is 18.1 Å². The van der Waals surface area contributed by atoms with Gasteiger partial charge in [-0.1, -0.05) is 35.3 Å². The van der Waals surface area contributed by atoms with E-state index in [9.17, 15) is 22.8 Å². The van der Waals surface area contributed by atoms with Crippen LogP contribution in [0.15, 0.2) is 54.7 Å². The van der Waals surface area contributed by atoms with Gasteiger partial charge in [0.25, 0.3) is 5.91 Å². The van der Waals surface area contributed by atoms with Crippen molar-refractivity contribution in [3.8, 4) is 0 Å². The number of aromatic nitrogens is 1. The minimum absolute atomic E-state index is 0.0418. The molecule has 5 rings (SSSR count). The molecule has 3 aromatic rings. The third-order valence-electron chi connectivity index (χ3n) is 7.96. The molecule has 40 heavy (non-hydrogen) atoms. The number of piperidine rings is 2. The average Bonchev–Trinajstić information content (AvgIpc) is 2.95. The van der Waals surface area contributed by atoms with Gasteiger partial charge in [-0.15, -0.1) is 0 Å². The molecule has 6 nitrogen and oxygen atoms in total. The number of carbonyl (C=O) groups is 2. The molecule has 0 bridgehead atoms. The van der Waals surface area contributed by atoms with Crippen LogP contribution < -0.4 is 5.32 Å². The van der Waals surface area contributed by atoms with E-state index in [-0.39, 0.29) is 17.9 Å². The number of fused-ring (bicyclic) bond motifs is 1. The molecule has 2 amide bonds. The summed E-state index contributed by atoms with van der Waals surface area (Å²) in [6.45, 7) is 2.11. The average molecular weight is 593 g/mol. The molecule has 2 fully saturated rings. The molecule has 2 aromatic carbocycles. The van der Waals surface area contributed by atoms with Gasteiger partial charge in [-0.25, -0.2) is 0 Å². The lowest BCUT2D eigenvalue weighted by atomic mass is 9.84. The van der Waals surface area contributed by atoms with Gasteiger partial charge in [0, 0.05) is 48.9 Å². The topological polar surface area (TPSA) is 65.5 Å². The Hall–Kier alpha value is -2.88. The van der Waals surface area contributed by atoms with Crippen LogP contribution in [0.3, 0.4) is 0 Å². The van der Waals surface area contributed by atoms with Gasteiger partial charge in [0.15, 0.2) is 0 Å².